The molecule has 2 aromatic heterocycles. The fraction of sp³-hybridized carbons (Fsp3) is 0.0476. The van der Waals surface area contributed by atoms with E-state index in [0.29, 0.717) is 27.6 Å². The molecule has 0 unspecified atom stereocenters. The first-order valence-electron chi connectivity index (χ1n) is 8.38. The van der Waals surface area contributed by atoms with E-state index in [2.05, 4.69) is 9.55 Å². The molecule has 0 amide bonds. The quantitative estimate of drug-likeness (QED) is 0.354. The molecule has 0 N–H and O–H groups in total. The van der Waals surface area contributed by atoms with Gasteiger partial charge in [0.15, 0.2) is 5.65 Å². The van der Waals surface area contributed by atoms with Gasteiger partial charge in [-0.3, -0.25) is 0 Å². The van der Waals surface area contributed by atoms with Crippen LogP contribution in [0, 0.1) is 5.82 Å². The molecule has 5 rings (SSSR count). The van der Waals surface area contributed by atoms with Crippen LogP contribution in [0.2, 0.25) is 10.0 Å². The third-order valence-electron chi connectivity index (χ3n) is 4.66. The SMILES string of the molecule is Fc1ccc2nc3c(nc2c1)c1ccccc1n3Cc1ccc(Cl)cc1Cl. The maximum absolute atomic E-state index is 13.6. The second-order valence-electron chi connectivity index (χ2n) is 6.37. The van der Waals surface area contributed by atoms with Crippen molar-refractivity contribution in [1.82, 2.24) is 14.5 Å². The first-order valence-corrected chi connectivity index (χ1v) is 9.14. The minimum Gasteiger partial charge on any atom is -0.319 e. The van der Waals surface area contributed by atoms with Crippen LogP contribution in [0.1, 0.15) is 5.56 Å². The molecule has 2 heterocycles. The summed E-state index contributed by atoms with van der Waals surface area (Å²) in [6, 6.07) is 17.9. The molecule has 0 saturated carbocycles. The summed E-state index contributed by atoms with van der Waals surface area (Å²) in [5.74, 6) is -0.326. The van der Waals surface area contributed by atoms with E-state index in [-0.39, 0.29) is 5.82 Å². The van der Waals surface area contributed by atoms with Gasteiger partial charge in [0.2, 0.25) is 0 Å². The molecule has 132 valence electrons. The Kier molecular flexibility index (Phi) is 3.78. The zero-order chi connectivity index (χ0) is 18.5. The number of para-hydroxylation sites is 1. The molecule has 6 heteroatoms. The smallest absolute Gasteiger partial charge is 0.160 e. The van der Waals surface area contributed by atoms with Crippen molar-refractivity contribution in [3.63, 3.8) is 0 Å². The van der Waals surface area contributed by atoms with Crippen molar-refractivity contribution in [2.24, 2.45) is 0 Å². The lowest BCUT2D eigenvalue weighted by Crippen LogP contribution is -2.02. The second kappa shape index (κ2) is 6.19. The first kappa shape index (κ1) is 16.5. The van der Waals surface area contributed by atoms with Gasteiger partial charge in [-0.2, -0.15) is 0 Å². The van der Waals surface area contributed by atoms with E-state index in [1.54, 1.807) is 12.1 Å². The van der Waals surface area contributed by atoms with Crippen molar-refractivity contribution in [3.8, 4) is 0 Å². The number of benzene rings is 3. The molecule has 5 aromatic rings. The van der Waals surface area contributed by atoms with Gasteiger partial charge >= 0.3 is 0 Å². The Labute approximate surface area is 164 Å². The summed E-state index contributed by atoms with van der Waals surface area (Å²) in [5, 5.41) is 2.17. The summed E-state index contributed by atoms with van der Waals surface area (Å²) in [7, 11) is 0. The highest BCUT2D eigenvalue weighted by molar-refractivity contribution is 6.35. The van der Waals surface area contributed by atoms with Crippen molar-refractivity contribution in [2.45, 2.75) is 6.54 Å². The van der Waals surface area contributed by atoms with Crippen LogP contribution in [0.25, 0.3) is 33.1 Å². The van der Waals surface area contributed by atoms with Crippen molar-refractivity contribution < 1.29 is 4.39 Å². The lowest BCUT2D eigenvalue weighted by Gasteiger charge is -2.09. The number of hydrogen-bond donors (Lipinski definition) is 0. The van der Waals surface area contributed by atoms with Crippen molar-refractivity contribution >= 4 is 56.3 Å². The average molecular weight is 396 g/mol. The third kappa shape index (κ3) is 2.73. The molecule has 0 fully saturated rings. The number of fused-ring (bicyclic) bond motifs is 4. The molecule has 3 aromatic carbocycles. The van der Waals surface area contributed by atoms with Crippen LogP contribution < -0.4 is 0 Å². The Hall–Kier alpha value is -2.69. The van der Waals surface area contributed by atoms with E-state index in [1.807, 2.05) is 36.4 Å². The molecule has 0 aliphatic carbocycles. The topological polar surface area (TPSA) is 30.7 Å². The van der Waals surface area contributed by atoms with Crippen LogP contribution in [-0.4, -0.2) is 14.5 Å². The summed E-state index contributed by atoms with van der Waals surface area (Å²) in [4.78, 5) is 9.45. The molecule has 0 bridgehead atoms. The highest BCUT2D eigenvalue weighted by Crippen LogP contribution is 2.30. The number of halogens is 3. The van der Waals surface area contributed by atoms with Crippen LogP contribution in [0.5, 0.6) is 0 Å². The van der Waals surface area contributed by atoms with Gasteiger partial charge in [0.1, 0.15) is 11.3 Å². The Morgan fingerprint density at radius 3 is 2.59 bits per heavy atom. The lowest BCUT2D eigenvalue weighted by atomic mass is 10.2. The van der Waals surface area contributed by atoms with Crippen LogP contribution in [0.15, 0.2) is 60.7 Å². The Morgan fingerprint density at radius 2 is 1.74 bits per heavy atom. The van der Waals surface area contributed by atoms with Gasteiger partial charge in [-0.1, -0.05) is 47.5 Å². The highest BCUT2D eigenvalue weighted by atomic mass is 35.5. The highest BCUT2D eigenvalue weighted by Gasteiger charge is 2.15. The fourth-order valence-electron chi connectivity index (χ4n) is 3.39. The maximum atomic E-state index is 13.6. The van der Waals surface area contributed by atoms with Gasteiger partial charge in [-0.05, 0) is 35.9 Å². The predicted molar refractivity (Wildman–Crippen MR) is 108 cm³/mol. The monoisotopic (exact) mass is 395 g/mol. The summed E-state index contributed by atoms with van der Waals surface area (Å²) < 4.78 is 15.7. The number of hydrogen-bond acceptors (Lipinski definition) is 2. The fourth-order valence-corrected chi connectivity index (χ4v) is 3.86. The standard InChI is InChI=1S/C21H12Cl2FN3/c22-13-6-5-12(16(23)9-13)11-27-19-4-2-1-3-15(19)20-21(27)26-17-8-7-14(24)10-18(17)25-20/h1-10H,11H2. The molecular weight excluding hydrogens is 384 g/mol. The van der Waals surface area contributed by atoms with E-state index >= 15 is 0 Å². The zero-order valence-electron chi connectivity index (χ0n) is 14.0. The van der Waals surface area contributed by atoms with Crippen molar-refractivity contribution in [3.05, 3.63) is 82.1 Å². The Balaban J connectivity index is 1.82. The lowest BCUT2D eigenvalue weighted by molar-refractivity contribution is 0.629. The van der Waals surface area contributed by atoms with Crippen molar-refractivity contribution in [1.29, 1.82) is 0 Å². The van der Waals surface area contributed by atoms with Gasteiger partial charge in [0.05, 0.1) is 23.1 Å². The molecule has 0 saturated heterocycles. The molecule has 0 radical (unpaired) electrons. The molecule has 0 aliphatic rings. The summed E-state index contributed by atoms with van der Waals surface area (Å²) in [5.41, 5.74) is 4.60. The van der Waals surface area contributed by atoms with E-state index in [4.69, 9.17) is 28.2 Å². The van der Waals surface area contributed by atoms with Crippen LogP contribution in [-0.2, 0) is 6.54 Å². The average Bonchev–Trinajstić information content (AvgIpc) is 2.95. The third-order valence-corrected chi connectivity index (χ3v) is 5.24. The van der Waals surface area contributed by atoms with E-state index in [1.165, 1.54) is 12.1 Å². The van der Waals surface area contributed by atoms with E-state index in [0.717, 1.165) is 27.6 Å². The molecule has 0 aliphatic heterocycles. The minimum absolute atomic E-state index is 0.326. The van der Waals surface area contributed by atoms with E-state index < -0.39 is 0 Å². The van der Waals surface area contributed by atoms with Gasteiger partial charge < -0.3 is 4.57 Å². The van der Waals surface area contributed by atoms with Gasteiger partial charge in [0.25, 0.3) is 0 Å². The minimum atomic E-state index is -0.326. The summed E-state index contributed by atoms with van der Waals surface area (Å²) >= 11 is 12.4. The number of aromatic nitrogens is 3. The second-order valence-corrected chi connectivity index (χ2v) is 7.21. The molecular formula is C21H12Cl2FN3. The summed E-state index contributed by atoms with van der Waals surface area (Å²) in [6.45, 7) is 0.529. The van der Waals surface area contributed by atoms with E-state index in [9.17, 15) is 4.39 Å². The molecule has 0 atom stereocenters. The number of rotatable bonds is 2. The number of nitrogens with zero attached hydrogens (tertiary/aromatic N) is 3. The molecule has 0 spiro atoms. The van der Waals surface area contributed by atoms with Gasteiger partial charge in [-0.15, -0.1) is 0 Å². The van der Waals surface area contributed by atoms with Crippen molar-refractivity contribution in [2.75, 3.05) is 0 Å². The van der Waals surface area contributed by atoms with Crippen LogP contribution in [0.3, 0.4) is 0 Å². The van der Waals surface area contributed by atoms with Crippen LogP contribution in [0.4, 0.5) is 4.39 Å². The van der Waals surface area contributed by atoms with Gasteiger partial charge in [-0.25, -0.2) is 14.4 Å². The predicted octanol–water partition coefficient (Wildman–Crippen LogP) is 6.23. The zero-order valence-corrected chi connectivity index (χ0v) is 15.5. The molecule has 3 nitrogen and oxygen atoms in total. The van der Waals surface area contributed by atoms with Crippen LogP contribution >= 0.6 is 23.2 Å². The van der Waals surface area contributed by atoms with Gasteiger partial charge in [0, 0.05) is 21.5 Å². The Bertz CT molecular complexity index is 1340. The summed E-state index contributed by atoms with van der Waals surface area (Å²) in [6.07, 6.45) is 0. The Morgan fingerprint density at radius 1 is 0.889 bits per heavy atom. The maximum Gasteiger partial charge on any atom is 0.160 e. The normalized spacial score (nSPS) is 11.7. The first-order chi connectivity index (χ1) is 13.1. The molecule has 27 heavy (non-hydrogen) atoms. The largest absolute Gasteiger partial charge is 0.319 e.